The van der Waals surface area contributed by atoms with Crippen molar-refractivity contribution < 1.29 is 38.2 Å². The largest absolute Gasteiger partial charge is 0.445 e. The van der Waals surface area contributed by atoms with Crippen LogP contribution in [0.25, 0.3) is 0 Å². The Balaban J connectivity index is 0.000000218. The minimum atomic E-state index is -0.498. The fourth-order valence-electron chi connectivity index (χ4n) is 7.05. The van der Waals surface area contributed by atoms with Crippen LogP contribution in [0.1, 0.15) is 57.6 Å². The molecule has 6 rings (SSSR count). The lowest BCUT2D eigenvalue weighted by atomic mass is 9.96. The third kappa shape index (κ3) is 13.4. The maximum atomic E-state index is 12.6. The molecule has 14 nitrogen and oxygen atoms in total. The minimum Gasteiger partial charge on any atom is -0.445 e. The second-order valence-electron chi connectivity index (χ2n) is 15.7. The van der Waals surface area contributed by atoms with Crippen molar-refractivity contribution in [2.24, 2.45) is 11.8 Å². The number of rotatable bonds is 8. The normalized spacial score (nSPS) is 18.7. The number of carbonyl (C=O) groups is 5. The Kier molecular flexibility index (Phi) is 15.2. The van der Waals surface area contributed by atoms with Gasteiger partial charge in [-0.25, -0.2) is 14.4 Å². The highest BCUT2D eigenvalue weighted by Gasteiger charge is 2.33. The summed E-state index contributed by atoms with van der Waals surface area (Å²) < 4.78 is 16.1. The van der Waals surface area contributed by atoms with Crippen LogP contribution in [0.15, 0.2) is 60.7 Å². The van der Waals surface area contributed by atoms with Gasteiger partial charge in [-0.1, -0.05) is 60.7 Å². The van der Waals surface area contributed by atoms with Crippen molar-refractivity contribution >= 4 is 30.1 Å². The standard InChI is InChI=1S/C23H33N3O5.C18H25N3O3/c1-23(2,3)31-22(29)24-11-9-18(10-12-24)15-25-13-14-26(16-20(25)27)21(28)30-17-19-7-5-4-6-8-19;22-17-13-21(18(23)24-14-16-4-2-1-3-5-16)11-10-20(17)12-15-6-8-19-9-7-15/h4-8,18H,9-17H2,1-3H3;1-5,15,19H,6-14H2. The van der Waals surface area contributed by atoms with Crippen LogP contribution >= 0.6 is 0 Å². The summed E-state index contributed by atoms with van der Waals surface area (Å²) in [7, 11) is 0. The number of nitrogens with one attached hydrogen (secondary N) is 1. The fourth-order valence-corrected chi connectivity index (χ4v) is 7.05. The second-order valence-corrected chi connectivity index (χ2v) is 15.7. The number of piperidine rings is 2. The molecule has 2 aromatic rings. The number of piperazine rings is 2. The van der Waals surface area contributed by atoms with Gasteiger partial charge in [0.15, 0.2) is 0 Å². The van der Waals surface area contributed by atoms with Crippen molar-refractivity contribution in [3.05, 3.63) is 71.8 Å². The molecule has 4 fully saturated rings. The van der Waals surface area contributed by atoms with E-state index in [9.17, 15) is 24.0 Å². The monoisotopic (exact) mass is 762 g/mol. The molecule has 0 bridgehead atoms. The van der Waals surface area contributed by atoms with Crippen molar-refractivity contribution in [3.8, 4) is 0 Å². The molecular formula is C41H58N6O8. The predicted octanol–water partition coefficient (Wildman–Crippen LogP) is 4.58. The molecule has 1 N–H and O–H groups in total. The zero-order valence-electron chi connectivity index (χ0n) is 32.7. The van der Waals surface area contributed by atoms with Gasteiger partial charge in [-0.2, -0.15) is 0 Å². The maximum absolute atomic E-state index is 12.6. The predicted molar refractivity (Wildman–Crippen MR) is 206 cm³/mol. The number of nitrogens with zero attached hydrogens (tertiary/aromatic N) is 5. The summed E-state index contributed by atoms with van der Waals surface area (Å²) in [6.07, 6.45) is 2.78. The van der Waals surface area contributed by atoms with E-state index in [0.29, 0.717) is 57.6 Å². The Bertz CT molecular complexity index is 1560. The van der Waals surface area contributed by atoms with Crippen LogP contribution in [0.3, 0.4) is 0 Å². The lowest BCUT2D eigenvalue weighted by Crippen LogP contribution is -2.54. The molecule has 4 heterocycles. The van der Waals surface area contributed by atoms with E-state index in [4.69, 9.17) is 14.2 Å². The molecule has 0 saturated carbocycles. The molecule has 0 aromatic heterocycles. The number of amides is 5. The van der Waals surface area contributed by atoms with Gasteiger partial charge in [0.1, 0.15) is 31.9 Å². The zero-order chi connectivity index (χ0) is 39.2. The first kappa shape index (κ1) is 41.3. The summed E-state index contributed by atoms with van der Waals surface area (Å²) >= 11 is 0. The number of likely N-dealkylation sites (tertiary alicyclic amines) is 1. The first-order chi connectivity index (χ1) is 26.4. The van der Waals surface area contributed by atoms with E-state index in [0.717, 1.165) is 56.4 Å². The van der Waals surface area contributed by atoms with Gasteiger partial charge in [0, 0.05) is 52.4 Å². The van der Waals surface area contributed by atoms with E-state index in [1.54, 1.807) is 4.90 Å². The van der Waals surface area contributed by atoms with Gasteiger partial charge >= 0.3 is 18.3 Å². The van der Waals surface area contributed by atoms with Crippen molar-refractivity contribution in [1.29, 1.82) is 0 Å². The van der Waals surface area contributed by atoms with Gasteiger partial charge in [0.25, 0.3) is 0 Å². The van der Waals surface area contributed by atoms with Crippen LogP contribution in [-0.4, -0.2) is 139 Å². The van der Waals surface area contributed by atoms with Crippen molar-refractivity contribution in [3.63, 3.8) is 0 Å². The Labute approximate surface area is 325 Å². The van der Waals surface area contributed by atoms with Gasteiger partial charge in [0.05, 0.1) is 0 Å². The first-order valence-corrected chi connectivity index (χ1v) is 19.6. The summed E-state index contributed by atoms with van der Waals surface area (Å²) in [5, 5.41) is 3.34. The molecule has 2 aromatic carbocycles. The van der Waals surface area contributed by atoms with Gasteiger partial charge in [-0.15, -0.1) is 0 Å². The third-order valence-electron chi connectivity index (χ3n) is 10.2. The van der Waals surface area contributed by atoms with E-state index in [-0.39, 0.29) is 44.2 Å². The third-order valence-corrected chi connectivity index (χ3v) is 10.2. The van der Waals surface area contributed by atoms with Crippen molar-refractivity contribution in [2.75, 3.05) is 78.5 Å². The molecule has 55 heavy (non-hydrogen) atoms. The van der Waals surface area contributed by atoms with Crippen LogP contribution < -0.4 is 5.32 Å². The average molecular weight is 763 g/mol. The lowest BCUT2D eigenvalue weighted by molar-refractivity contribution is -0.137. The Hall–Kier alpha value is -4.85. The number of carbonyl (C=O) groups excluding carboxylic acids is 5. The molecule has 0 spiro atoms. The van der Waals surface area contributed by atoms with E-state index in [1.807, 2.05) is 91.2 Å². The molecule has 4 saturated heterocycles. The number of ether oxygens (including phenoxy) is 3. The number of hydrogen-bond acceptors (Lipinski definition) is 9. The Morgan fingerprint density at radius 1 is 0.600 bits per heavy atom. The van der Waals surface area contributed by atoms with Crippen molar-refractivity contribution in [1.82, 2.24) is 29.8 Å². The van der Waals surface area contributed by atoms with Gasteiger partial charge in [-0.05, 0) is 82.5 Å². The summed E-state index contributed by atoms with van der Waals surface area (Å²) in [5.41, 5.74) is 1.36. The SMILES string of the molecule is CC(C)(C)OC(=O)N1CCC(CN2CCN(C(=O)OCc3ccccc3)CC2=O)CC1.O=C1CN(C(=O)OCc2ccccc2)CCN1CC1CCNCC1. The lowest BCUT2D eigenvalue weighted by Gasteiger charge is -2.38. The molecule has 4 aliphatic rings. The average Bonchev–Trinajstić information content (AvgIpc) is 3.18. The van der Waals surface area contributed by atoms with Crippen LogP contribution in [0.4, 0.5) is 14.4 Å². The van der Waals surface area contributed by atoms with Crippen LogP contribution in [0, 0.1) is 11.8 Å². The molecule has 0 aliphatic carbocycles. The van der Waals surface area contributed by atoms with Gasteiger partial charge < -0.3 is 34.2 Å². The van der Waals surface area contributed by atoms with Gasteiger partial charge in [-0.3, -0.25) is 19.4 Å². The maximum Gasteiger partial charge on any atom is 0.410 e. The van der Waals surface area contributed by atoms with E-state index >= 15 is 0 Å². The summed E-state index contributed by atoms with van der Waals surface area (Å²) in [4.78, 5) is 70.0. The molecule has 5 amide bonds. The summed E-state index contributed by atoms with van der Waals surface area (Å²) in [6, 6.07) is 19.0. The molecule has 14 heteroatoms. The zero-order valence-corrected chi connectivity index (χ0v) is 32.7. The molecule has 0 unspecified atom stereocenters. The summed E-state index contributed by atoms with van der Waals surface area (Å²) in [5.74, 6) is 0.889. The summed E-state index contributed by atoms with van der Waals surface area (Å²) in [6.45, 7) is 13.1. The Morgan fingerprint density at radius 3 is 1.45 bits per heavy atom. The van der Waals surface area contributed by atoms with Crippen LogP contribution in [0.5, 0.6) is 0 Å². The van der Waals surface area contributed by atoms with E-state index in [1.165, 1.54) is 9.80 Å². The van der Waals surface area contributed by atoms with E-state index < -0.39 is 17.8 Å². The Morgan fingerprint density at radius 2 is 1.04 bits per heavy atom. The molecule has 0 atom stereocenters. The fraction of sp³-hybridized carbons (Fsp3) is 0.585. The number of benzene rings is 2. The highest BCUT2D eigenvalue weighted by Crippen LogP contribution is 2.22. The van der Waals surface area contributed by atoms with Crippen LogP contribution in [0.2, 0.25) is 0 Å². The smallest absolute Gasteiger partial charge is 0.410 e. The second kappa shape index (κ2) is 20.2. The topological polar surface area (TPSA) is 141 Å². The highest BCUT2D eigenvalue weighted by atomic mass is 16.6. The molecular weight excluding hydrogens is 704 g/mol. The van der Waals surface area contributed by atoms with Crippen LogP contribution in [-0.2, 0) is 37.0 Å². The molecule has 4 aliphatic heterocycles. The number of hydrogen-bond donors (Lipinski definition) is 1. The quantitative estimate of drug-likeness (QED) is 0.383. The first-order valence-electron chi connectivity index (χ1n) is 19.6. The van der Waals surface area contributed by atoms with Gasteiger partial charge in [0.2, 0.25) is 11.8 Å². The van der Waals surface area contributed by atoms with E-state index in [2.05, 4.69) is 5.32 Å². The highest BCUT2D eigenvalue weighted by molar-refractivity contribution is 5.84. The van der Waals surface area contributed by atoms with Crippen molar-refractivity contribution in [2.45, 2.75) is 65.3 Å². The minimum absolute atomic E-state index is 0.0245. The molecule has 300 valence electrons. The molecule has 0 radical (unpaired) electrons.